The molecule has 0 unspecified atom stereocenters. The van der Waals surface area contributed by atoms with Crippen LogP contribution in [-0.4, -0.2) is 13.1 Å². The van der Waals surface area contributed by atoms with E-state index in [0.717, 1.165) is 17.8 Å². The second kappa shape index (κ2) is 6.67. The molecular weight excluding hydrogens is 320 g/mol. The Hall–Kier alpha value is -0.790. The minimum absolute atomic E-state index is 0.0294. The zero-order valence-electron chi connectivity index (χ0n) is 17.4. The maximum Gasteiger partial charge on any atom is 0.305 e. The van der Waals surface area contributed by atoms with Crippen molar-refractivity contribution in [1.29, 1.82) is 0 Å². The summed E-state index contributed by atoms with van der Waals surface area (Å²) >= 11 is 0. The van der Waals surface area contributed by atoms with Crippen LogP contribution < -0.4 is 0 Å². The number of hydrogen-bond donors (Lipinski definition) is 0. The van der Waals surface area contributed by atoms with E-state index in [0.29, 0.717) is 29.1 Å². The normalized spacial score (nSPS) is 45.8. The van der Waals surface area contributed by atoms with Crippen molar-refractivity contribution in [2.75, 3.05) is 7.11 Å². The van der Waals surface area contributed by atoms with Gasteiger partial charge in [-0.3, -0.25) is 4.79 Å². The summed E-state index contributed by atoms with van der Waals surface area (Å²) < 4.78 is 4.96. The van der Waals surface area contributed by atoms with Crippen molar-refractivity contribution in [2.24, 2.45) is 40.4 Å². The average molecular weight is 359 g/mol. The second-order valence-electron chi connectivity index (χ2n) is 10.5. The molecule has 0 heterocycles. The van der Waals surface area contributed by atoms with E-state index in [1.807, 2.05) is 5.57 Å². The third kappa shape index (κ3) is 2.69. The number of hydrogen-bond acceptors (Lipinski definition) is 2. The highest BCUT2D eigenvalue weighted by Gasteiger charge is 2.58. The van der Waals surface area contributed by atoms with Crippen LogP contribution in [0.3, 0.4) is 0 Å². The van der Waals surface area contributed by atoms with Crippen LogP contribution in [0.4, 0.5) is 0 Å². The summed E-state index contributed by atoms with van der Waals surface area (Å²) in [6.45, 7) is 7.47. The summed E-state index contributed by atoms with van der Waals surface area (Å²) in [5.41, 5.74) is 2.74. The summed E-state index contributed by atoms with van der Waals surface area (Å²) in [5.74, 6) is 3.78. The molecule has 2 nitrogen and oxygen atoms in total. The van der Waals surface area contributed by atoms with Crippen LogP contribution in [0.2, 0.25) is 0 Å². The summed E-state index contributed by atoms with van der Waals surface area (Å²) in [5, 5.41) is 0. The number of methoxy groups -OCH3 is 1. The Balaban J connectivity index is 1.56. The number of esters is 1. The van der Waals surface area contributed by atoms with Gasteiger partial charge in [-0.2, -0.15) is 0 Å². The Bertz CT molecular complexity index is 593. The zero-order chi connectivity index (χ0) is 18.5. The van der Waals surface area contributed by atoms with Gasteiger partial charge < -0.3 is 4.74 Å². The molecule has 0 saturated heterocycles. The van der Waals surface area contributed by atoms with Gasteiger partial charge in [-0.1, -0.05) is 38.8 Å². The molecule has 4 rings (SSSR count). The first kappa shape index (κ1) is 18.6. The number of fused-ring (bicyclic) bond motifs is 5. The molecule has 0 aromatic rings. The average Bonchev–Trinajstić information content (AvgIpc) is 2.98. The molecule has 2 heteroatoms. The van der Waals surface area contributed by atoms with Crippen LogP contribution in [0.25, 0.3) is 0 Å². The fourth-order valence-electron chi connectivity index (χ4n) is 8.16. The molecule has 26 heavy (non-hydrogen) atoms. The van der Waals surface area contributed by atoms with Crippen molar-refractivity contribution in [2.45, 2.75) is 85.0 Å². The topological polar surface area (TPSA) is 26.3 Å². The molecule has 0 aromatic heterocycles. The number of carbonyl (C=O) groups is 1. The predicted molar refractivity (Wildman–Crippen MR) is 106 cm³/mol. The lowest BCUT2D eigenvalue weighted by molar-refractivity contribution is -0.142. The van der Waals surface area contributed by atoms with Gasteiger partial charge in [0.15, 0.2) is 0 Å². The standard InChI is InChI=1S/C24H38O2/c1-16(15-22(25)26-4)19-10-11-20-18-9-8-17-7-5-6-13-23(17,2)21(18)12-14-24(19,20)3/h8,16,18-21H,5-7,9-15H2,1-4H3/t16-,18+,19-,20+,21+,23+,24-/m1/s1. The summed E-state index contributed by atoms with van der Waals surface area (Å²) in [6.07, 6.45) is 15.7. The molecule has 4 aliphatic carbocycles. The lowest BCUT2D eigenvalue weighted by atomic mass is 9.47. The van der Waals surface area contributed by atoms with E-state index in [1.165, 1.54) is 64.9 Å². The fourth-order valence-corrected chi connectivity index (χ4v) is 8.16. The van der Waals surface area contributed by atoms with Gasteiger partial charge in [-0.05, 0) is 91.8 Å². The number of carbonyl (C=O) groups excluding carboxylic acids is 1. The Labute approximate surface area is 160 Å². The van der Waals surface area contributed by atoms with Crippen LogP contribution >= 0.6 is 0 Å². The smallest absolute Gasteiger partial charge is 0.305 e. The lowest BCUT2D eigenvalue weighted by Gasteiger charge is -2.58. The van der Waals surface area contributed by atoms with Crippen LogP contribution in [0.5, 0.6) is 0 Å². The maximum absolute atomic E-state index is 11.8. The Kier molecular flexibility index (Phi) is 4.77. The maximum atomic E-state index is 11.8. The van der Waals surface area contributed by atoms with E-state index in [4.69, 9.17) is 4.74 Å². The van der Waals surface area contributed by atoms with Gasteiger partial charge in [0, 0.05) is 6.42 Å². The number of rotatable bonds is 3. The van der Waals surface area contributed by atoms with Crippen LogP contribution in [0.15, 0.2) is 11.6 Å². The molecule has 0 aromatic carbocycles. The molecule has 0 spiro atoms. The molecular formula is C24H38O2. The summed E-state index contributed by atoms with van der Waals surface area (Å²) in [6, 6.07) is 0. The molecule has 0 bridgehead atoms. The van der Waals surface area contributed by atoms with Crippen molar-refractivity contribution in [3.05, 3.63) is 11.6 Å². The fraction of sp³-hybridized carbons (Fsp3) is 0.875. The van der Waals surface area contributed by atoms with E-state index in [9.17, 15) is 4.79 Å². The van der Waals surface area contributed by atoms with Crippen LogP contribution in [0.1, 0.15) is 85.0 Å². The summed E-state index contributed by atoms with van der Waals surface area (Å²) in [4.78, 5) is 11.8. The van der Waals surface area contributed by atoms with Gasteiger partial charge in [0.05, 0.1) is 7.11 Å². The highest BCUT2D eigenvalue weighted by molar-refractivity contribution is 5.69. The first-order valence-electron chi connectivity index (χ1n) is 11.2. The second-order valence-corrected chi connectivity index (χ2v) is 10.5. The Morgan fingerprint density at radius 1 is 1.19 bits per heavy atom. The largest absolute Gasteiger partial charge is 0.469 e. The van der Waals surface area contributed by atoms with E-state index >= 15 is 0 Å². The lowest BCUT2D eigenvalue weighted by Crippen LogP contribution is -2.50. The molecule has 0 N–H and O–H groups in total. The molecule has 146 valence electrons. The van der Waals surface area contributed by atoms with Crippen molar-refractivity contribution in [1.82, 2.24) is 0 Å². The van der Waals surface area contributed by atoms with Crippen molar-refractivity contribution in [3.63, 3.8) is 0 Å². The molecule has 7 atom stereocenters. The van der Waals surface area contributed by atoms with E-state index < -0.39 is 0 Å². The van der Waals surface area contributed by atoms with Crippen LogP contribution in [-0.2, 0) is 9.53 Å². The number of allylic oxidation sites excluding steroid dienone is 2. The van der Waals surface area contributed by atoms with Gasteiger partial charge >= 0.3 is 5.97 Å². The minimum Gasteiger partial charge on any atom is -0.469 e. The first-order chi connectivity index (χ1) is 12.4. The molecule has 3 fully saturated rings. The minimum atomic E-state index is -0.0294. The Morgan fingerprint density at radius 3 is 2.77 bits per heavy atom. The third-order valence-corrected chi connectivity index (χ3v) is 9.49. The quantitative estimate of drug-likeness (QED) is 0.446. The third-order valence-electron chi connectivity index (χ3n) is 9.49. The van der Waals surface area contributed by atoms with Crippen molar-refractivity contribution < 1.29 is 9.53 Å². The highest BCUT2D eigenvalue weighted by atomic mass is 16.5. The monoisotopic (exact) mass is 358 g/mol. The molecule has 4 aliphatic rings. The van der Waals surface area contributed by atoms with E-state index in [-0.39, 0.29) is 5.97 Å². The van der Waals surface area contributed by atoms with Gasteiger partial charge in [-0.25, -0.2) is 0 Å². The van der Waals surface area contributed by atoms with Crippen molar-refractivity contribution in [3.8, 4) is 0 Å². The predicted octanol–water partition coefficient (Wildman–Crippen LogP) is 6.15. The van der Waals surface area contributed by atoms with Crippen molar-refractivity contribution >= 4 is 5.97 Å². The summed E-state index contributed by atoms with van der Waals surface area (Å²) in [7, 11) is 1.52. The molecule has 0 aliphatic heterocycles. The number of ether oxygens (including phenoxy) is 1. The van der Waals surface area contributed by atoms with E-state index in [1.54, 1.807) is 0 Å². The van der Waals surface area contributed by atoms with Gasteiger partial charge in [0.2, 0.25) is 0 Å². The molecule has 0 radical (unpaired) electrons. The Morgan fingerprint density at radius 2 is 2.00 bits per heavy atom. The molecule has 3 saturated carbocycles. The highest BCUT2D eigenvalue weighted by Crippen LogP contribution is 2.67. The van der Waals surface area contributed by atoms with Gasteiger partial charge in [0.1, 0.15) is 0 Å². The molecule has 0 amide bonds. The van der Waals surface area contributed by atoms with E-state index in [2.05, 4.69) is 26.8 Å². The van der Waals surface area contributed by atoms with Gasteiger partial charge in [0.25, 0.3) is 0 Å². The SMILES string of the molecule is COC(=O)C[C@@H](C)[C@H]1CC[C@H]2[C@@H]3CC=C4CCCC[C@]4(C)[C@H]3CC[C@]12C. The zero-order valence-corrected chi connectivity index (χ0v) is 17.4. The van der Waals surface area contributed by atoms with Crippen LogP contribution in [0, 0.1) is 40.4 Å². The van der Waals surface area contributed by atoms with Gasteiger partial charge in [-0.15, -0.1) is 0 Å². The first-order valence-corrected chi connectivity index (χ1v) is 11.2.